The number of amides is 1. The van der Waals surface area contributed by atoms with Gasteiger partial charge in [0.05, 0.1) is 6.54 Å². The molecule has 19 heavy (non-hydrogen) atoms. The summed E-state index contributed by atoms with van der Waals surface area (Å²) < 4.78 is 0. The molecule has 1 N–H and O–H groups in total. The van der Waals surface area contributed by atoms with Gasteiger partial charge in [-0.1, -0.05) is 19.8 Å². The van der Waals surface area contributed by atoms with Crippen molar-refractivity contribution in [3.8, 4) is 0 Å². The van der Waals surface area contributed by atoms with Gasteiger partial charge in [0.25, 0.3) is 0 Å². The van der Waals surface area contributed by atoms with E-state index in [1.165, 1.54) is 25.7 Å². The Morgan fingerprint density at radius 2 is 2.05 bits per heavy atom. The molecule has 2 unspecified atom stereocenters. The predicted octanol–water partition coefficient (Wildman–Crippen LogP) is 1.56. The number of hydrogen-bond donors (Lipinski definition) is 1. The van der Waals surface area contributed by atoms with Crippen LogP contribution in [-0.4, -0.2) is 62.0 Å². The maximum absolute atomic E-state index is 11.8. The molecule has 0 bridgehead atoms. The fourth-order valence-corrected chi connectivity index (χ4v) is 3.07. The molecule has 1 aliphatic rings. The first-order valence-corrected chi connectivity index (χ1v) is 7.53. The molecular weight excluding hydrogens is 238 g/mol. The summed E-state index contributed by atoms with van der Waals surface area (Å²) in [4.78, 5) is 15.9. The number of likely N-dealkylation sites (N-methyl/N-ethyl adjacent to an activating group) is 2. The van der Waals surface area contributed by atoms with E-state index in [-0.39, 0.29) is 11.4 Å². The first-order valence-electron chi connectivity index (χ1n) is 7.53. The molecule has 1 aliphatic carbocycles. The van der Waals surface area contributed by atoms with Crippen LogP contribution in [0.2, 0.25) is 0 Å². The highest BCUT2D eigenvalue weighted by molar-refractivity contribution is 5.77. The lowest BCUT2D eigenvalue weighted by Gasteiger charge is -2.45. The van der Waals surface area contributed by atoms with Crippen LogP contribution in [0.15, 0.2) is 0 Å². The monoisotopic (exact) mass is 269 g/mol. The quantitative estimate of drug-likeness (QED) is 0.795. The van der Waals surface area contributed by atoms with E-state index >= 15 is 0 Å². The number of nitrogens with zero attached hydrogens (tertiary/aromatic N) is 2. The van der Waals surface area contributed by atoms with Crippen LogP contribution < -0.4 is 5.32 Å². The van der Waals surface area contributed by atoms with Crippen LogP contribution in [0.1, 0.15) is 39.5 Å². The molecular formula is C15H31N3O. The molecule has 1 fully saturated rings. The topological polar surface area (TPSA) is 35.6 Å². The maximum Gasteiger partial charge on any atom is 0.236 e. The number of nitrogens with one attached hydrogen (secondary N) is 1. The summed E-state index contributed by atoms with van der Waals surface area (Å²) in [5.41, 5.74) is 0.225. The molecule has 4 nitrogen and oxygen atoms in total. The summed E-state index contributed by atoms with van der Waals surface area (Å²) >= 11 is 0. The van der Waals surface area contributed by atoms with Gasteiger partial charge in [-0.25, -0.2) is 0 Å². The van der Waals surface area contributed by atoms with E-state index in [0.29, 0.717) is 6.54 Å². The van der Waals surface area contributed by atoms with Crippen molar-refractivity contribution in [3.63, 3.8) is 0 Å². The number of carbonyl (C=O) groups is 1. The third-order valence-corrected chi connectivity index (χ3v) is 4.65. The molecule has 4 heteroatoms. The highest BCUT2D eigenvalue weighted by atomic mass is 16.2. The van der Waals surface area contributed by atoms with E-state index in [4.69, 9.17) is 0 Å². The lowest BCUT2D eigenvalue weighted by atomic mass is 9.75. The number of hydrogen-bond acceptors (Lipinski definition) is 3. The zero-order valence-electron chi connectivity index (χ0n) is 13.3. The largest absolute Gasteiger partial charge is 0.345 e. The van der Waals surface area contributed by atoms with Crippen LogP contribution in [-0.2, 0) is 4.79 Å². The smallest absolute Gasteiger partial charge is 0.236 e. The third-order valence-electron chi connectivity index (χ3n) is 4.65. The summed E-state index contributed by atoms with van der Waals surface area (Å²) in [5.74, 6) is 0.965. The molecule has 0 heterocycles. The summed E-state index contributed by atoms with van der Waals surface area (Å²) in [5, 5.41) is 3.38. The maximum atomic E-state index is 11.8. The highest BCUT2D eigenvalue weighted by Crippen LogP contribution is 2.35. The van der Waals surface area contributed by atoms with E-state index in [9.17, 15) is 4.79 Å². The Morgan fingerprint density at radius 3 is 2.58 bits per heavy atom. The van der Waals surface area contributed by atoms with Crippen LogP contribution in [0.5, 0.6) is 0 Å². The normalized spacial score (nSPS) is 27.6. The van der Waals surface area contributed by atoms with Gasteiger partial charge < -0.3 is 15.1 Å². The second kappa shape index (κ2) is 7.25. The first kappa shape index (κ1) is 16.4. The number of carbonyl (C=O) groups excluding carboxylic acids is 1. The zero-order chi connectivity index (χ0) is 14.5. The molecule has 1 amide bonds. The molecule has 0 spiro atoms. The Kier molecular flexibility index (Phi) is 6.27. The van der Waals surface area contributed by atoms with Gasteiger partial charge in [0.2, 0.25) is 5.91 Å². The van der Waals surface area contributed by atoms with Gasteiger partial charge in [-0.3, -0.25) is 4.79 Å². The van der Waals surface area contributed by atoms with E-state index in [1.807, 2.05) is 14.0 Å². The van der Waals surface area contributed by atoms with Crippen molar-refractivity contribution in [2.45, 2.75) is 45.1 Å². The summed E-state index contributed by atoms with van der Waals surface area (Å²) in [7, 11) is 6.19. The second-order valence-electron chi connectivity index (χ2n) is 6.33. The van der Waals surface area contributed by atoms with Crippen LogP contribution in [0.25, 0.3) is 0 Å². The highest BCUT2D eigenvalue weighted by Gasteiger charge is 2.36. The SMILES string of the molecule is CCN(C)C(=O)CNCC1(N(C)C)CCCC(C)C1. The second-order valence-corrected chi connectivity index (χ2v) is 6.33. The molecule has 0 aliphatic heterocycles. The first-order chi connectivity index (χ1) is 8.91. The summed E-state index contributed by atoms with van der Waals surface area (Å²) in [6.45, 7) is 6.48. The van der Waals surface area contributed by atoms with Crippen molar-refractivity contribution in [1.82, 2.24) is 15.1 Å². The lowest BCUT2D eigenvalue weighted by molar-refractivity contribution is -0.128. The fraction of sp³-hybridized carbons (Fsp3) is 0.933. The average molecular weight is 269 g/mol. The minimum absolute atomic E-state index is 0.181. The van der Waals surface area contributed by atoms with Crippen LogP contribution in [0.4, 0.5) is 0 Å². The minimum Gasteiger partial charge on any atom is -0.345 e. The Morgan fingerprint density at radius 1 is 1.37 bits per heavy atom. The van der Waals surface area contributed by atoms with Gasteiger partial charge in [-0.15, -0.1) is 0 Å². The Hall–Kier alpha value is -0.610. The number of rotatable bonds is 6. The molecule has 0 radical (unpaired) electrons. The molecule has 112 valence electrons. The molecule has 1 rings (SSSR count). The Labute approximate surface area is 118 Å². The minimum atomic E-state index is 0.181. The van der Waals surface area contributed by atoms with Crippen molar-refractivity contribution in [1.29, 1.82) is 0 Å². The van der Waals surface area contributed by atoms with Crippen molar-refractivity contribution in [2.24, 2.45) is 5.92 Å². The fourth-order valence-electron chi connectivity index (χ4n) is 3.07. The van der Waals surface area contributed by atoms with E-state index in [1.54, 1.807) is 4.90 Å². The van der Waals surface area contributed by atoms with Crippen molar-refractivity contribution >= 4 is 5.91 Å². The van der Waals surface area contributed by atoms with Gasteiger partial charge in [0, 0.05) is 25.7 Å². The molecule has 2 atom stereocenters. The standard InChI is InChI=1S/C15H31N3O/c1-6-18(5)14(19)11-16-12-15(17(3)4)9-7-8-13(2)10-15/h13,16H,6-12H2,1-5H3. The van der Waals surface area contributed by atoms with E-state index in [2.05, 4.69) is 31.2 Å². The molecule has 1 saturated carbocycles. The average Bonchev–Trinajstić information content (AvgIpc) is 2.37. The van der Waals surface area contributed by atoms with Gasteiger partial charge in [0.15, 0.2) is 0 Å². The van der Waals surface area contributed by atoms with Gasteiger partial charge in [-0.2, -0.15) is 0 Å². The van der Waals surface area contributed by atoms with Crippen molar-refractivity contribution in [3.05, 3.63) is 0 Å². The van der Waals surface area contributed by atoms with Gasteiger partial charge in [-0.05, 0) is 39.8 Å². The van der Waals surface area contributed by atoms with E-state index < -0.39 is 0 Å². The van der Waals surface area contributed by atoms with Gasteiger partial charge in [0.1, 0.15) is 0 Å². The Bertz CT molecular complexity index is 293. The Balaban J connectivity index is 2.49. The summed E-state index contributed by atoms with van der Waals surface area (Å²) in [6.07, 6.45) is 5.09. The molecule has 0 saturated heterocycles. The zero-order valence-corrected chi connectivity index (χ0v) is 13.3. The van der Waals surface area contributed by atoms with Crippen LogP contribution >= 0.6 is 0 Å². The molecule has 0 aromatic carbocycles. The van der Waals surface area contributed by atoms with E-state index in [0.717, 1.165) is 19.0 Å². The van der Waals surface area contributed by atoms with Gasteiger partial charge >= 0.3 is 0 Å². The third kappa shape index (κ3) is 4.46. The van der Waals surface area contributed by atoms with Crippen LogP contribution in [0.3, 0.4) is 0 Å². The predicted molar refractivity (Wildman–Crippen MR) is 80.2 cm³/mol. The lowest BCUT2D eigenvalue weighted by Crippen LogP contribution is -2.55. The van der Waals surface area contributed by atoms with Crippen molar-refractivity contribution < 1.29 is 4.79 Å². The molecule has 0 aromatic heterocycles. The summed E-state index contributed by atoms with van der Waals surface area (Å²) in [6, 6.07) is 0. The van der Waals surface area contributed by atoms with Crippen LogP contribution in [0, 0.1) is 5.92 Å². The van der Waals surface area contributed by atoms with Crippen molar-refractivity contribution in [2.75, 3.05) is 40.8 Å². The molecule has 0 aromatic rings.